The van der Waals surface area contributed by atoms with E-state index in [4.69, 9.17) is 0 Å². The Morgan fingerprint density at radius 1 is 1.05 bits per heavy atom. The fourth-order valence-corrected chi connectivity index (χ4v) is 1.69. The number of aromatic nitrogens is 2. The Morgan fingerprint density at radius 3 is 2.26 bits per heavy atom. The van der Waals surface area contributed by atoms with Gasteiger partial charge in [0.25, 0.3) is 0 Å². The van der Waals surface area contributed by atoms with Gasteiger partial charge in [-0.05, 0) is 26.0 Å². The van der Waals surface area contributed by atoms with Gasteiger partial charge in [0.1, 0.15) is 11.6 Å². The maximum atomic E-state index is 13.2. The van der Waals surface area contributed by atoms with Crippen LogP contribution >= 0.6 is 0 Å². The molecule has 1 aromatic carbocycles. The maximum absolute atomic E-state index is 13.2. The lowest BCUT2D eigenvalue weighted by Gasteiger charge is -2.07. The Bertz CT molecular complexity index is 591. The standard InChI is InChI=1S/C13H12F3N3/c1-3-17-12-6-11(18-7(2)19-12)8-4-9(14)13(16)10(15)5-8/h4-6H,3H2,1-2H3,(H,17,18,19). The fraction of sp³-hybridized carbons (Fsp3) is 0.231. The second kappa shape index (κ2) is 5.26. The van der Waals surface area contributed by atoms with Crippen LogP contribution in [-0.2, 0) is 0 Å². The van der Waals surface area contributed by atoms with Gasteiger partial charge in [0.2, 0.25) is 0 Å². The molecule has 0 aliphatic rings. The van der Waals surface area contributed by atoms with Gasteiger partial charge in [0.15, 0.2) is 17.5 Å². The zero-order valence-corrected chi connectivity index (χ0v) is 10.5. The lowest BCUT2D eigenvalue weighted by molar-refractivity contribution is 0.447. The van der Waals surface area contributed by atoms with Crippen molar-refractivity contribution in [1.82, 2.24) is 9.97 Å². The highest BCUT2D eigenvalue weighted by molar-refractivity contribution is 5.62. The number of hydrogen-bond donors (Lipinski definition) is 1. The summed E-state index contributed by atoms with van der Waals surface area (Å²) in [5, 5.41) is 2.99. The summed E-state index contributed by atoms with van der Waals surface area (Å²) >= 11 is 0. The van der Waals surface area contributed by atoms with Crippen molar-refractivity contribution in [2.45, 2.75) is 13.8 Å². The van der Waals surface area contributed by atoms with Gasteiger partial charge in [-0.25, -0.2) is 23.1 Å². The molecule has 0 saturated heterocycles. The Labute approximate surface area is 108 Å². The Morgan fingerprint density at radius 2 is 1.68 bits per heavy atom. The normalized spacial score (nSPS) is 10.6. The predicted octanol–water partition coefficient (Wildman–Crippen LogP) is 3.30. The van der Waals surface area contributed by atoms with E-state index in [9.17, 15) is 13.2 Å². The molecular weight excluding hydrogens is 255 g/mol. The van der Waals surface area contributed by atoms with Crippen LogP contribution in [0.5, 0.6) is 0 Å². The maximum Gasteiger partial charge on any atom is 0.194 e. The molecule has 6 heteroatoms. The average molecular weight is 267 g/mol. The summed E-state index contributed by atoms with van der Waals surface area (Å²) in [5.41, 5.74) is 0.502. The molecule has 1 N–H and O–H groups in total. The smallest absolute Gasteiger partial charge is 0.194 e. The van der Waals surface area contributed by atoms with Crippen LogP contribution in [-0.4, -0.2) is 16.5 Å². The lowest BCUT2D eigenvalue weighted by Crippen LogP contribution is -2.03. The van der Waals surface area contributed by atoms with Gasteiger partial charge >= 0.3 is 0 Å². The van der Waals surface area contributed by atoms with E-state index >= 15 is 0 Å². The van der Waals surface area contributed by atoms with Crippen LogP contribution in [0.25, 0.3) is 11.3 Å². The first kappa shape index (κ1) is 13.3. The molecule has 2 aromatic rings. The summed E-state index contributed by atoms with van der Waals surface area (Å²) in [5.74, 6) is -2.96. The van der Waals surface area contributed by atoms with Crippen molar-refractivity contribution in [2.75, 3.05) is 11.9 Å². The van der Waals surface area contributed by atoms with E-state index in [0.29, 0.717) is 23.9 Å². The predicted molar refractivity (Wildman–Crippen MR) is 66.2 cm³/mol. The van der Waals surface area contributed by atoms with E-state index < -0.39 is 17.5 Å². The molecule has 0 aliphatic heterocycles. The zero-order valence-electron chi connectivity index (χ0n) is 10.5. The molecule has 1 aromatic heterocycles. The molecule has 19 heavy (non-hydrogen) atoms. The van der Waals surface area contributed by atoms with Crippen LogP contribution < -0.4 is 5.32 Å². The highest BCUT2D eigenvalue weighted by Gasteiger charge is 2.13. The second-order valence-electron chi connectivity index (χ2n) is 3.97. The van der Waals surface area contributed by atoms with E-state index in [-0.39, 0.29) is 5.56 Å². The SMILES string of the molecule is CCNc1cc(-c2cc(F)c(F)c(F)c2)nc(C)n1. The van der Waals surface area contributed by atoms with Crippen molar-refractivity contribution in [1.29, 1.82) is 0 Å². The number of rotatable bonds is 3. The number of anilines is 1. The Hall–Kier alpha value is -2.11. The molecule has 0 fully saturated rings. The number of aryl methyl sites for hydroxylation is 1. The van der Waals surface area contributed by atoms with Gasteiger partial charge in [0.05, 0.1) is 5.69 Å². The summed E-state index contributed by atoms with van der Waals surface area (Å²) in [4.78, 5) is 8.22. The molecule has 0 bridgehead atoms. The molecule has 0 radical (unpaired) electrons. The lowest BCUT2D eigenvalue weighted by atomic mass is 10.1. The zero-order chi connectivity index (χ0) is 14.0. The summed E-state index contributed by atoms with van der Waals surface area (Å²) < 4.78 is 39.3. The van der Waals surface area contributed by atoms with E-state index in [0.717, 1.165) is 12.1 Å². The van der Waals surface area contributed by atoms with Crippen LogP contribution in [0.15, 0.2) is 18.2 Å². The van der Waals surface area contributed by atoms with Crippen LogP contribution in [0.2, 0.25) is 0 Å². The molecule has 0 unspecified atom stereocenters. The van der Waals surface area contributed by atoms with E-state index in [1.807, 2.05) is 6.92 Å². The monoisotopic (exact) mass is 267 g/mol. The molecule has 0 spiro atoms. The summed E-state index contributed by atoms with van der Waals surface area (Å²) in [6.07, 6.45) is 0. The molecule has 1 heterocycles. The van der Waals surface area contributed by atoms with Crippen molar-refractivity contribution >= 4 is 5.82 Å². The van der Waals surface area contributed by atoms with Crippen molar-refractivity contribution in [2.24, 2.45) is 0 Å². The first-order chi connectivity index (χ1) is 9.01. The number of halogens is 3. The first-order valence-corrected chi connectivity index (χ1v) is 5.75. The van der Waals surface area contributed by atoms with E-state index in [1.165, 1.54) is 0 Å². The van der Waals surface area contributed by atoms with Crippen LogP contribution in [0.3, 0.4) is 0 Å². The largest absolute Gasteiger partial charge is 0.370 e. The minimum absolute atomic E-state index is 0.168. The Kier molecular flexibility index (Phi) is 3.69. The summed E-state index contributed by atoms with van der Waals surface area (Å²) in [6.45, 7) is 4.22. The molecule has 100 valence electrons. The molecule has 3 nitrogen and oxygen atoms in total. The Balaban J connectivity index is 2.52. The highest BCUT2D eigenvalue weighted by atomic mass is 19.2. The number of hydrogen-bond acceptors (Lipinski definition) is 3. The second-order valence-corrected chi connectivity index (χ2v) is 3.97. The highest BCUT2D eigenvalue weighted by Crippen LogP contribution is 2.23. The molecule has 0 aliphatic carbocycles. The molecule has 0 amide bonds. The third-order valence-electron chi connectivity index (χ3n) is 2.48. The van der Waals surface area contributed by atoms with Gasteiger partial charge < -0.3 is 5.32 Å². The quantitative estimate of drug-likeness (QED) is 0.867. The number of nitrogens with zero attached hydrogens (tertiary/aromatic N) is 2. The number of benzene rings is 1. The van der Waals surface area contributed by atoms with Gasteiger partial charge in [-0.2, -0.15) is 0 Å². The van der Waals surface area contributed by atoms with Crippen LogP contribution in [0.4, 0.5) is 19.0 Å². The van der Waals surface area contributed by atoms with Gasteiger partial charge in [-0.3, -0.25) is 0 Å². The fourth-order valence-electron chi connectivity index (χ4n) is 1.69. The number of nitrogens with one attached hydrogen (secondary N) is 1. The minimum Gasteiger partial charge on any atom is -0.370 e. The van der Waals surface area contributed by atoms with Gasteiger partial charge in [-0.15, -0.1) is 0 Å². The van der Waals surface area contributed by atoms with Gasteiger partial charge in [-0.1, -0.05) is 0 Å². The third-order valence-corrected chi connectivity index (χ3v) is 2.48. The minimum atomic E-state index is -1.48. The third kappa shape index (κ3) is 2.83. The topological polar surface area (TPSA) is 37.8 Å². The molecule has 0 atom stereocenters. The van der Waals surface area contributed by atoms with E-state index in [2.05, 4.69) is 15.3 Å². The molecule has 0 saturated carbocycles. The van der Waals surface area contributed by atoms with Crippen LogP contribution in [0, 0.1) is 24.4 Å². The summed E-state index contributed by atoms with van der Waals surface area (Å²) in [6, 6.07) is 3.38. The van der Waals surface area contributed by atoms with E-state index in [1.54, 1.807) is 13.0 Å². The van der Waals surface area contributed by atoms with Crippen molar-refractivity contribution in [3.05, 3.63) is 41.5 Å². The van der Waals surface area contributed by atoms with Crippen molar-refractivity contribution in [3.63, 3.8) is 0 Å². The van der Waals surface area contributed by atoms with Crippen LogP contribution in [0.1, 0.15) is 12.7 Å². The first-order valence-electron chi connectivity index (χ1n) is 5.75. The molecule has 2 rings (SSSR count). The average Bonchev–Trinajstić information content (AvgIpc) is 2.35. The van der Waals surface area contributed by atoms with Crippen molar-refractivity contribution in [3.8, 4) is 11.3 Å². The summed E-state index contributed by atoms with van der Waals surface area (Å²) in [7, 11) is 0. The van der Waals surface area contributed by atoms with Crippen molar-refractivity contribution < 1.29 is 13.2 Å². The van der Waals surface area contributed by atoms with Gasteiger partial charge in [0, 0.05) is 18.2 Å². The molecular formula is C13H12F3N3.